The van der Waals surface area contributed by atoms with Crippen LogP contribution in [0, 0.1) is 0 Å². The predicted octanol–water partition coefficient (Wildman–Crippen LogP) is -8.43. The molecule has 0 atom stereocenters. The summed E-state index contributed by atoms with van der Waals surface area (Å²) in [4.78, 5) is 0. The Morgan fingerprint density at radius 1 is 1.23 bits per heavy atom. The number of rotatable bonds is 1. The molecule has 0 fully saturated rings. The normalized spacial score (nSPS) is 9.69. The van der Waals surface area contributed by atoms with Gasteiger partial charge in [-0.1, -0.05) is 0 Å². The van der Waals surface area contributed by atoms with Crippen LogP contribution in [0.4, 0.5) is 5.69 Å². The molecule has 0 aromatic heterocycles. The molecule has 0 unspecified atom stereocenters. The maximum Gasteiger partial charge on any atom is 1.00 e. The Kier molecular flexibility index (Phi) is 8.64. The molecule has 0 aliphatic carbocycles. The van der Waals surface area contributed by atoms with Crippen molar-refractivity contribution < 1.29 is 71.0 Å². The van der Waals surface area contributed by atoms with Crippen molar-refractivity contribution in [1.82, 2.24) is 0 Å². The van der Waals surface area contributed by atoms with Gasteiger partial charge in [0.1, 0.15) is 0 Å². The van der Waals surface area contributed by atoms with E-state index in [-0.39, 0.29) is 69.2 Å². The summed E-state index contributed by atoms with van der Waals surface area (Å²) in [5.41, 5.74) is 5.55. The Hall–Kier alpha value is 1.30. The van der Waals surface area contributed by atoms with E-state index in [1.807, 2.05) is 0 Å². The minimum atomic E-state index is -5.21. The van der Waals surface area contributed by atoms with E-state index in [1.165, 1.54) is 24.3 Å². The van der Waals surface area contributed by atoms with E-state index in [1.54, 1.807) is 0 Å². The van der Waals surface area contributed by atoms with E-state index in [9.17, 15) is 11.9 Å². The molecule has 4 nitrogen and oxygen atoms in total. The first kappa shape index (κ1) is 16.7. The van der Waals surface area contributed by atoms with Crippen molar-refractivity contribution in [1.29, 1.82) is 0 Å². The van der Waals surface area contributed by atoms with Crippen LogP contribution in [0.5, 0.6) is 0 Å². The van der Waals surface area contributed by atoms with Gasteiger partial charge in [-0.3, -0.25) is 0 Å². The van der Waals surface area contributed by atoms with Crippen LogP contribution in [-0.4, -0.2) is 14.2 Å². The number of hydrogen-bond donors (Lipinski definition) is 1. The third-order valence-corrected chi connectivity index (χ3v) is 3.10. The third kappa shape index (κ3) is 5.67. The molecular weight excluding hydrogens is 255 g/mol. The molecule has 7 heteroatoms. The minimum absolute atomic E-state index is 0. The Morgan fingerprint density at radius 3 is 2.08 bits per heavy atom. The zero-order valence-corrected chi connectivity index (χ0v) is 13.4. The topological polar surface area (TPSA) is 89.2 Å². The fourth-order valence-electron chi connectivity index (χ4n) is 0.695. The van der Waals surface area contributed by atoms with Crippen molar-refractivity contribution >= 4 is 24.2 Å². The summed E-state index contributed by atoms with van der Waals surface area (Å²) in [5.74, 6) is 0. The summed E-state index contributed by atoms with van der Waals surface area (Å²) in [7, 11) is 0. The molecule has 0 saturated heterocycles. The van der Waals surface area contributed by atoms with Crippen molar-refractivity contribution in [2.24, 2.45) is 0 Å². The van der Waals surface area contributed by atoms with E-state index in [2.05, 4.69) is 0 Å². The summed E-state index contributed by atoms with van der Waals surface area (Å²) in [5, 5.41) is 0. The van der Waals surface area contributed by atoms with Crippen molar-refractivity contribution in [3.63, 3.8) is 0 Å². The zero-order chi connectivity index (χ0) is 8.48. The second-order valence-corrected chi connectivity index (χ2v) is 5.26. The monoisotopic (exact) mass is 261 g/mol. The van der Waals surface area contributed by atoms with Crippen LogP contribution in [0.15, 0.2) is 24.3 Å². The van der Waals surface area contributed by atoms with Gasteiger partial charge in [0.25, 0.3) is 0 Å². The fourth-order valence-corrected chi connectivity index (χ4v) is 1.90. The van der Waals surface area contributed by atoms with Gasteiger partial charge < -0.3 is 0 Å². The molecule has 0 aliphatic heterocycles. The van der Waals surface area contributed by atoms with Crippen LogP contribution < -0.4 is 77.4 Å². The molecule has 2 N–H and O–H groups in total. The predicted molar refractivity (Wildman–Crippen MR) is 36.9 cm³/mol. The van der Waals surface area contributed by atoms with Crippen LogP contribution in [0.2, 0.25) is 0 Å². The van der Waals surface area contributed by atoms with Gasteiger partial charge in [0.05, 0.1) is 0 Å². The van der Waals surface area contributed by atoms with Crippen molar-refractivity contribution in [2.75, 3.05) is 5.73 Å². The summed E-state index contributed by atoms with van der Waals surface area (Å²) in [6, 6.07) is 5.37. The number of nitrogens with two attached hydrogens (primary N) is 1. The smallest absolute Gasteiger partial charge is 1.00 e. The maximum absolute atomic E-state index is 10.5. The molecule has 0 saturated carbocycles. The van der Waals surface area contributed by atoms with Crippen molar-refractivity contribution in [3.05, 3.63) is 24.3 Å². The molecular formula is C6H6AsNNa2O3. The van der Waals surface area contributed by atoms with Crippen LogP contribution in [-0.2, 0) is 3.74 Å². The molecule has 0 heterocycles. The largest absolute Gasteiger partial charge is 1.00 e. The van der Waals surface area contributed by atoms with Gasteiger partial charge in [-0.05, 0) is 0 Å². The number of nitrogen functional groups attached to an aromatic ring is 1. The molecule has 0 radical (unpaired) electrons. The van der Waals surface area contributed by atoms with Gasteiger partial charge in [0.15, 0.2) is 0 Å². The molecule has 0 bridgehead atoms. The summed E-state index contributed by atoms with van der Waals surface area (Å²) >= 11 is -5.21. The molecule has 0 spiro atoms. The Labute approximate surface area is 123 Å². The quantitative estimate of drug-likeness (QED) is 0.401. The van der Waals surface area contributed by atoms with Crippen molar-refractivity contribution in [3.8, 4) is 0 Å². The number of hydrogen-bond acceptors (Lipinski definition) is 4. The summed E-state index contributed by atoms with van der Waals surface area (Å²) < 4.78 is 31.2. The first-order valence-electron chi connectivity index (χ1n) is 2.88. The summed E-state index contributed by atoms with van der Waals surface area (Å²) in [6.45, 7) is 0. The molecule has 1 rings (SSSR count). The average molecular weight is 261 g/mol. The average Bonchev–Trinajstić information content (AvgIpc) is 1.86. The van der Waals surface area contributed by atoms with Crippen LogP contribution >= 0.6 is 0 Å². The van der Waals surface area contributed by atoms with Gasteiger partial charge in [-0.2, -0.15) is 0 Å². The van der Waals surface area contributed by atoms with E-state index >= 15 is 0 Å². The first-order valence-corrected chi connectivity index (χ1v) is 6.12. The Morgan fingerprint density at radius 2 is 1.77 bits per heavy atom. The van der Waals surface area contributed by atoms with Gasteiger partial charge in [0.2, 0.25) is 0 Å². The van der Waals surface area contributed by atoms with E-state index in [4.69, 9.17) is 5.73 Å². The third-order valence-electron chi connectivity index (χ3n) is 1.19. The fraction of sp³-hybridized carbons (Fsp3) is 0. The molecule has 1 aromatic carbocycles. The van der Waals surface area contributed by atoms with Crippen LogP contribution in [0.1, 0.15) is 0 Å². The van der Waals surface area contributed by atoms with Gasteiger partial charge in [0, 0.05) is 0 Å². The summed E-state index contributed by atoms with van der Waals surface area (Å²) in [6.07, 6.45) is 0. The Bertz CT molecular complexity index is 315. The SMILES string of the molecule is Nc1cccc([As](=O)([O-])[O-])c1.[Na+].[Na+]. The first-order chi connectivity index (χ1) is 5.00. The number of benzene rings is 1. The minimum Gasteiger partial charge on any atom is 1.00 e. The molecule has 0 aliphatic rings. The maximum atomic E-state index is 10.5. The standard InChI is InChI=1S/C6H8AsNO3.2Na/c8-6-3-1-2-5(4-6)7(9,10)11;;/h1-4H,8H2,(H2,9,10,11);;/q;2*+1/p-2. The number of anilines is 1. The zero-order valence-electron chi connectivity index (χ0n) is 7.56. The Balaban J connectivity index is 0. The van der Waals surface area contributed by atoms with E-state index in [0.717, 1.165) is 0 Å². The second-order valence-electron chi connectivity index (χ2n) is 2.09. The van der Waals surface area contributed by atoms with Gasteiger partial charge in [-0.25, -0.2) is 0 Å². The van der Waals surface area contributed by atoms with Crippen LogP contribution in [0.25, 0.3) is 0 Å². The molecule has 13 heavy (non-hydrogen) atoms. The molecule has 0 amide bonds. The molecule has 1 aromatic rings. The second kappa shape index (κ2) is 6.72. The van der Waals surface area contributed by atoms with E-state index in [0.29, 0.717) is 0 Å². The molecule has 60 valence electrons. The van der Waals surface area contributed by atoms with Crippen LogP contribution in [0.3, 0.4) is 0 Å². The van der Waals surface area contributed by atoms with Gasteiger partial charge in [-0.15, -0.1) is 0 Å². The van der Waals surface area contributed by atoms with Crippen molar-refractivity contribution in [2.45, 2.75) is 0 Å². The van der Waals surface area contributed by atoms with Gasteiger partial charge >= 0.3 is 125 Å². The van der Waals surface area contributed by atoms with E-state index < -0.39 is 14.2 Å².